The van der Waals surface area contributed by atoms with Crippen molar-refractivity contribution in [2.75, 3.05) is 13.1 Å². The van der Waals surface area contributed by atoms with Gasteiger partial charge in [0, 0.05) is 13.1 Å². The van der Waals surface area contributed by atoms with E-state index < -0.39 is 5.82 Å². The number of amides is 1. The number of nitriles is 1. The number of benzene rings is 1. The Hall–Kier alpha value is -1.89. The molecule has 1 aliphatic rings. The summed E-state index contributed by atoms with van der Waals surface area (Å²) in [5.74, 6) is -0.759. The Morgan fingerprint density at radius 2 is 2.05 bits per heavy atom. The van der Waals surface area contributed by atoms with E-state index in [1.807, 2.05) is 13.8 Å². The highest BCUT2D eigenvalue weighted by Gasteiger charge is 2.32. The molecular weight excluding hydrogens is 243 g/mol. The lowest BCUT2D eigenvalue weighted by molar-refractivity contribution is 0.0657. The number of likely N-dealkylation sites (tertiary alicyclic amines) is 1. The third kappa shape index (κ3) is 2.76. The molecule has 0 aliphatic carbocycles. The molecule has 0 aromatic heterocycles. The van der Waals surface area contributed by atoms with Crippen molar-refractivity contribution in [1.29, 1.82) is 5.26 Å². The SMILES string of the molecule is Cc1ccc(F)c(C(=O)N2CCC(C)(C#N)CC2)c1. The first kappa shape index (κ1) is 13.5. The van der Waals surface area contributed by atoms with E-state index in [0.29, 0.717) is 25.9 Å². The normalized spacial score (nSPS) is 17.9. The van der Waals surface area contributed by atoms with Crippen molar-refractivity contribution in [3.05, 3.63) is 35.1 Å². The number of carbonyl (C=O) groups is 1. The zero-order chi connectivity index (χ0) is 14.0. The van der Waals surface area contributed by atoms with Gasteiger partial charge in [-0.3, -0.25) is 4.79 Å². The van der Waals surface area contributed by atoms with Crippen LogP contribution in [0.4, 0.5) is 4.39 Å². The molecule has 0 unspecified atom stereocenters. The van der Waals surface area contributed by atoms with Gasteiger partial charge in [0.05, 0.1) is 17.0 Å². The fourth-order valence-corrected chi connectivity index (χ4v) is 2.29. The molecule has 0 bridgehead atoms. The predicted molar refractivity (Wildman–Crippen MR) is 70.0 cm³/mol. The molecule has 0 N–H and O–H groups in total. The first-order valence-electron chi connectivity index (χ1n) is 6.42. The summed E-state index contributed by atoms with van der Waals surface area (Å²) in [5, 5.41) is 9.06. The molecular formula is C15H17FN2O. The highest BCUT2D eigenvalue weighted by atomic mass is 19.1. The third-order valence-corrected chi connectivity index (χ3v) is 3.78. The summed E-state index contributed by atoms with van der Waals surface area (Å²) in [6.07, 6.45) is 1.28. The van der Waals surface area contributed by atoms with Crippen molar-refractivity contribution in [2.45, 2.75) is 26.7 Å². The van der Waals surface area contributed by atoms with Crippen LogP contribution in [0.2, 0.25) is 0 Å². The average molecular weight is 260 g/mol. The second-order valence-electron chi connectivity index (χ2n) is 5.45. The molecule has 1 heterocycles. The molecule has 1 aromatic carbocycles. The van der Waals surface area contributed by atoms with Gasteiger partial charge in [-0.2, -0.15) is 5.26 Å². The van der Waals surface area contributed by atoms with Gasteiger partial charge in [-0.05, 0) is 38.8 Å². The van der Waals surface area contributed by atoms with E-state index in [-0.39, 0.29) is 16.9 Å². The van der Waals surface area contributed by atoms with Crippen LogP contribution in [0.5, 0.6) is 0 Å². The maximum absolute atomic E-state index is 13.7. The van der Waals surface area contributed by atoms with Crippen LogP contribution in [0, 0.1) is 29.5 Å². The number of hydrogen-bond acceptors (Lipinski definition) is 2. The van der Waals surface area contributed by atoms with Gasteiger partial charge in [0.15, 0.2) is 0 Å². The van der Waals surface area contributed by atoms with E-state index >= 15 is 0 Å². The van der Waals surface area contributed by atoms with Crippen LogP contribution in [0.25, 0.3) is 0 Å². The second-order valence-corrected chi connectivity index (χ2v) is 5.45. The van der Waals surface area contributed by atoms with Crippen LogP contribution < -0.4 is 0 Å². The maximum atomic E-state index is 13.7. The van der Waals surface area contributed by atoms with E-state index in [9.17, 15) is 9.18 Å². The summed E-state index contributed by atoms with van der Waals surface area (Å²) >= 11 is 0. The first-order valence-corrected chi connectivity index (χ1v) is 6.42. The van der Waals surface area contributed by atoms with Crippen LogP contribution in [0.1, 0.15) is 35.7 Å². The number of carbonyl (C=O) groups excluding carboxylic acids is 1. The Kier molecular flexibility index (Phi) is 3.57. The number of halogens is 1. The lowest BCUT2D eigenvalue weighted by Crippen LogP contribution is -2.42. The Bertz CT molecular complexity index is 540. The van der Waals surface area contributed by atoms with Gasteiger partial charge in [-0.25, -0.2) is 4.39 Å². The number of piperidine rings is 1. The third-order valence-electron chi connectivity index (χ3n) is 3.78. The van der Waals surface area contributed by atoms with Crippen molar-refractivity contribution in [3.8, 4) is 6.07 Å². The van der Waals surface area contributed by atoms with E-state index in [2.05, 4.69) is 6.07 Å². The van der Waals surface area contributed by atoms with Crippen LogP contribution in [-0.2, 0) is 0 Å². The predicted octanol–water partition coefficient (Wildman–Crippen LogP) is 2.90. The molecule has 1 aliphatic heterocycles. The van der Waals surface area contributed by atoms with E-state index in [1.54, 1.807) is 17.0 Å². The molecule has 0 spiro atoms. The monoisotopic (exact) mass is 260 g/mol. The fraction of sp³-hybridized carbons (Fsp3) is 0.467. The van der Waals surface area contributed by atoms with E-state index in [0.717, 1.165) is 5.56 Å². The molecule has 1 saturated heterocycles. The minimum Gasteiger partial charge on any atom is -0.338 e. The highest BCUT2D eigenvalue weighted by Crippen LogP contribution is 2.30. The number of aryl methyl sites for hydroxylation is 1. The molecule has 1 aromatic rings. The Labute approximate surface area is 112 Å². The topological polar surface area (TPSA) is 44.1 Å². The van der Waals surface area contributed by atoms with Crippen LogP contribution in [-0.4, -0.2) is 23.9 Å². The van der Waals surface area contributed by atoms with Crippen LogP contribution in [0.15, 0.2) is 18.2 Å². The van der Waals surface area contributed by atoms with Gasteiger partial charge in [-0.15, -0.1) is 0 Å². The molecule has 1 amide bonds. The highest BCUT2D eigenvalue weighted by molar-refractivity contribution is 5.94. The average Bonchev–Trinajstić information content (AvgIpc) is 2.42. The largest absolute Gasteiger partial charge is 0.338 e. The summed E-state index contributed by atoms with van der Waals surface area (Å²) in [4.78, 5) is 13.9. The Morgan fingerprint density at radius 3 is 2.63 bits per heavy atom. The number of nitrogens with zero attached hydrogens (tertiary/aromatic N) is 2. The molecule has 0 atom stereocenters. The molecule has 3 nitrogen and oxygen atoms in total. The van der Waals surface area contributed by atoms with Crippen LogP contribution >= 0.6 is 0 Å². The molecule has 2 rings (SSSR count). The second kappa shape index (κ2) is 5.00. The van der Waals surface area contributed by atoms with Gasteiger partial charge < -0.3 is 4.90 Å². The lowest BCUT2D eigenvalue weighted by atomic mass is 9.82. The van der Waals surface area contributed by atoms with Crippen molar-refractivity contribution in [1.82, 2.24) is 4.90 Å². The zero-order valence-corrected chi connectivity index (χ0v) is 11.2. The molecule has 100 valence electrons. The van der Waals surface area contributed by atoms with Gasteiger partial charge >= 0.3 is 0 Å². The van der Waals surface area contributed by atoms with Gasteiger partial charge in [0.2, 0.25) is 0 Å². The summed E-state index contributed by atoms with van der Waals surface area (Å²) < 4.78 is 13.7. The molecule has 4 heteroatoms. The first-order chi connectivity index (χ1) is 8.95. The van der Waals surface area contributed by atoms with Crippen molar-refractivity contribution in [3.63, 3.8) is 0 Å². The zero-order valence-electron chi connectivity index (χ0n) is 11.2. The van der Waals surface area contributed by atoms with Gasteiger partial charge in [0.1, 0.15) is 5.82 Å². The quantitative estimate of drug-likeness (QED) is 0.779. The molecule has 0 saturated carbocycles. The Balaban J connectivity index is 2.14. The summed E-state index contributed by atoms with van der Waals surface area (Å²) in [5.41, 5.74) is 0.631. The molecule has 19 heavy (non-hydrogen) atoms. The van der Waals surface area contributed by atoms with Crippen molar-refractivity contribution >= 4 is 5.91 Å². The number of rotatable bonds is 1. The standard InChI is InChI=1S/C15H17FN2O/c1-11-3-4-13(16)12(9-11)14(19)18-7-5-15(2,10-17)6-8-18/h3-4,9H,5-8H2,1-2H3. The number of hydrogen-bond donors (Lipinski definition) is 0. The van der Waals surface area contributed by atoms with Crippen molar-refractivity contribution < 1.29 is 9.18 Å². The summed E-state index contributed by atoms with van der Waals surface area (Å²) in [7, 11) is 0. The molecule has 0 radical (unpaired) electrons. The fourth-order valence-electron chi connectivity index (χ4n) is 2.29. The maximum Gasteiger partial charge on any atom is 0.256 e. The smallest absolute Gasteiger partial charge is 0.256 e. The lowest BCUT2D eigenvalue weighted by Gasteiger charge is -2.35. The Morgan fingerprint density at radius 1 is 1.42 bits per heavy atom. The van der Waals surface area contributed by atoms with Gasteiger partial charge in [-0.1, -0.05) is 11.6 Å². The molecule has 1 fully saturated rings. The minimum absolute atomic E-state index is 0.126. The minimum atomic E-state index is -0.482. The van der Waals surface area contributed by atoms with Crippen LogP contribution in [0.3, 0.4) is 0 Å². The van der Waals surface area contributed by atoms with Crippen molar-refractivity contribution in [2.24, 2.45) is 5.41 Å². The van der Waals surface area contributed by atoms with E-state index in [1.165, 1.54) is 6.07 Å². The van der Waals surface area contributed by atoms with E-state index in [4.69, 9.17) is 5.26 Å². The summed E-state index contributed by atoms with van der Waals surface area (Å²) in [6.45, 7) is 4.76. The summed E-state index contributed by atoms with van der Waals surface area (Å²) in [6, 6.07) is 6.84. The van der Waals surface area contributed by atoms with Gasteiger partial charge in [0.25, 0.3) is 5.91 Å².